The Morgan fingerprint density at radius 2 is 2.33 bits per heavy atom. The van der Waals surface area contributed by atoms with Gasteiger partial charge >= 0.3 is 0 Å². The number of aromatic nitrogens is 2. The third-order valence-electron chi connectivity index (χ3n) is 1.93. The largest absolute Gasteiger partial charge is 0.311 e. The second-order valence-electron chi connectivity index (χ2n) is 2.64. The van der Waals surface area contributed by atoms with Gasteiger partial charge in [-0.05, 0) is 19.1 Å². The van der Waals surface area contributed by atoms with E-state index in [-0.39, 0.29) is 0 Å². The van der Waals surface area contributed by atoms with E-state index >= 15 is 0 Å². The summed E-state index contributed by atoms with van der Waals surface area (Å²) < 4.78 is 1.83. The Balaban J connectivity index is 2.88. The van der Waals surface area contributed by atoms with Gasteiger partial charge in [-0.25, -0.2) is 0 Å². The molecule has 3 nitrogen and oxygen atoms in total. The molecule has 0 unspecified atom stereocenters. The number of hydrogen-bond acceptors (Lipinski definition) is 2. The maximum Gasteiger partial charge on any atom is 0.166 e. The topological polar surface area (TPSA) is 34.4 Å². The van der Waals surface area contributed by atoms with Gasteiger partial charge < -0.3 is 4.40 Å². The van der Waals surface area contributed by atoms with Gasteiger partial charge in [0.05, 0.1) is 16.9 Å². The van der Waals surface area contributed by atoms with Gasteiger partial charge in [-0.15, -0.1) is 0 Å². The highest BCUT2D eigenvalue weighted by Gasteiger charge is 2.01. The fraction of sp³-hybridized carbons (Fsp3) is 0.111. The van der Waals surface area contributed by atoms with Crippen molar-refractivity contribution >= 4 is 11.8 Å². The Morgan fingerprint density at radius 3 is 3.08 bits per heavy atom. The molecule has 60 valence electrons. The molecule has 0 radical (unpaired) electrons. The number of fused-ring (bicyclic) bond motifs is 1. The molecule has 0 fully saturated rings. The number of aldehydes is 1. The van der Waals surface area contributed by atoms with Crippen LogP contribution in [0.1, 0.15) is 16.2 Å². The zero-order valence-electron chi connectivity index (χ0n) is 6.69. The highest BCUT2D eigenvalue weighted by Crippen LogP contribution is 2.10. The predicted molar refractivity (Wildman–Crippen MR) is 45.3 cm³/mol. The van der Waals surface area contributed by atoms with Crippen LogP contribution in [0, 0.1) is 6.92 Å². The Hall–Kier alpha value is -1.64. The van der Waals surface area contributed by atoms with Gasteiger partial charge in [-0.1, -0.05) is 0 Å². The van der Waals surface area contributed by atoms with E-state index in [9.17, 15) is 4.79 Å². The van der Waals surface area contributed by atoms with Crippen LogP contribution in [0.2, 0.25) is 0 Å². The summed E-state index contributed by atoms with van der Waals surface area (Å²) in [5.41, 5.74) is 2.58. The minimum atomic E-state index is 0.663. The Labute approximate surface area is 69.7 Å². The van der Waals surface area contributed by atoms with E-state index in [1.807, 2.05) is 17.4 Å². The Kier molecular flexibility index (Phi) is 1.43. The van der Waals surface area contributed by atoms with Gasteiger partial charge in [0.15, 0.2) is 6.29 Å². The summed E-state index contributed by atoms with van der Waals surface area (Å²) in [6, 6.07) is 3.68. The van der Waals surface area contributed by atoms with Crippen LogP contribution in [-0.4, -0.2) is 15.7 Å². The van der Waals surface area contributed by atoms with E-state index in [1.165, 1.54) is 0 Å². The smallest absolute Gasteiger partial charge is 0.166 e. The molecule has 0 aromatic carbocycles. The zero-order valence-corrected chi connectivity index (χ0v) is 6.69. The van der Waals surface area contributed by atoms with Crippen molar-refractivity contribution in [1.82, 2.24) is 9.38 Å². The van der Waals surface area contributed by atoms with Gasteiger partial charge in [-0.3, -0.25) is 9.78 Å². The molecule has 0 aliphatic rings. The lowest BCUT2D eigenvalue weighted by atomic mass is 10.4. The van der Waals surface area contributed by atoms with E-state index in [4.69, 9.17) is 0 Å². The van der Waals surface area contributed by atoms with E-state index < -0.39 is 0 Å². The van der Waals surface area contributed by atoms with Crippen LogP contribution in [0.15, 0.2) is 24.5 Å². The van der Waals surface area contributed by atoms with Crippen LogP contribution in [0.3, 0.4) is 0 Å². The molecule has 0 aliphatic heterocycles. The minimum absolute atomic E-state index is 0.663. The normalized spacial score (nSPS) is 10.4. The molecule has 2 aromatic heterocycles. The summed E-state index contributed by atoms with van der Waals surface area (Å²) in [6.07, 6.45) is 4.31. The maximum atomic E-state index is 10.6. The third-order valence-corrected chi connectivity index (χ3v) is 1.93. The molecule has 3 heteroatoms. The first kappa shape index (κ1) is 7.03. The number of aryl methyl sites for hydroxylation is 1. The highest BCUT2D eigenvalue weighted by molar-refractivity contribution is 5.76. The van der Waals surface area contributed by atoms with Crippen molar-refractivity contribution in [3.05, 3.63) is 35.9 Å². The summed E-state index contributed by atoms with van der Waals surface area (Å²) in [4.78, 5) is 14.7. The number of carbonyl (C=O) groups excluding carboxylic acids is 1. The quantitative estimate of drug-likeness (QED) is 0.592. The molecule has 0 saturated carbocycles. The van der Waals surface area contributed by atoms with Gasteiger partial charge in [0, 0.05) is 12.4 Å². The monoisotopic (exact) mass is 160 g/mol. The van der Waals surface area contributed by atoms with Crippen LogP contribution in [0.5, 0.6) is 0 Å². The number of hydrogen-bond donors (Lipinski definition) is 0. The number of carbonyl (C=O) groups is 1. The molecule has 0 aliphatic carbocycles. The molecule has 0 bridgehead atoms. The van der Waals surface area contributed by atoms with Crippen LogP contribution >= 0.6 is 0 Å². The molecule has 0 N–H and O–H groups in total. The van der Waals surface area contributed by atoms with Crippen LogP contribution in [0.25, 0.3) is 5.52 Å². The lowest BCUT2D eigenvalue weighted by Crippen LogP contribution is -1.92. The van der Waals surface area contributed by atoms with Crippen molar-refractivity contribution in [3.8, 4) is 0 Å². The van der Waals surface area contributed by atoms with Crippen LogP contribution in [0.4, 0.5) is 0 Å². The summed E-state index contributed by atoms with van der Waals surface area (Å²) in [6.45, 7) is 1.92. The SMILES string of the molecule is Cc1nccn2c(C=O)ccc12. The van der Waals surface area contributed by atoms with E-state index in [1.54, 1.807) is 18.5 Å². The standard InChI is InChI=1S/C9H8N2O/c1-7-9-3-2-8(6-12)11(9)5-4-10-7/h2-6H,1H3. The lowest BCUT2D eigenvalue weighted by molar-refractivity contribution is 0.111. The summed E-state index contributed by atoms with van der Waals surface area (Å²) >= 11 is 0. The first-order valence-corrected chi connectivity index (χ1v) is 3.71. The lowest BCUT2D eigenvalue weighted by Gasteiger charge is -1.97. The molecule has 2 heterocycles. The van der Waals surface area contributed by atoms with E-state index in [2.05, 4.69) is 4.98 Å². The molecule has 12 heavy (non-hydrogen) atoms. The first-order valence-electron chi connectivity index (χ1n) is 3.71. The fourth-order valence-electron chi connectivity index (χ4n) is 1.30. The van der Waals surface area contributed by atoms with Crippen molar-refractivity contribution in [2.45, 2.75) is 6.92 Å². The Bertz CT molecular complexity index is 431. The van der Waals surface area contributed by atoms with E-state index in [0.717, 1.165) is 17.5 Å². The minimum Gasteiger partial charge on any atom is -0.311 e. The first-order chi connectivity index (χ1) is 5.83. The molecule has 0 atom stereocenters. The molecular weight excluding hydrogens is 152 g/mol. The number of rotatable bonds is 1. The molecule has 2 rings (SSSR count). The predicted octanol–water partition coefficient (Wildman–Crippen LogP) is 1.46. The van der Waals surface area contributed by atoms with Crippen LogP contribution < -0.4 is 0 Å². The van der Waals surface area contributed by atoms with Crippen molar-refractivity contribution in [1.29, 1.82) is 0 Å². The van der Waals surface area contributed by atoms with Gasteiger partial charge in [0.25, 0.3) is 0 Å². The Morgan fingerprint density at radius 1 is 1.50 bits per heavy atom. The third kappa shape index (κ3) is 0.830. The fourth-order valence-corrected chi connectivity index (χ4v) is 1.30. The molecule has 0 amide bonds. The average Bonchev–Trinajstić information content (AvgIpc) is 2.49. The van der Waals surface area contributed by atoms with Gasteiger partial charge in [0.1, 0.15) is 0 Å². The van der Waals surface area contributed by atoms with Crippen molar-refractivity contribution in [2.75, 3.05) is 0 Å². The molecule has 0 spiro atoms. The van der Waals surface area contributed by atoms with Crippen LogP contribution in [-0.2, 0) is 0 Å². The van der Waals surface area contributed by atoms with Gasteiger partial charge in [-0.2, -0.15) is 0 Å². The van der Waals surface area contributed by atoms with E-state index in [0.29, 0.717) is 5.69 Å². The maximum absolute atomic E-state index is 10.6. The van der Waals surface area contributed by atoms with Gasteiger partial charge in [0.2, 0.25) is 0 Å². The summed E-state index contributed by atoms with van der Waals surface area (Å²) in [7, 11) is 0. The summed E-state index contributed by atoms with van der Waals surface area (Å²) in [5, 5.41) is 0. The van der Waals surface area contributed by atoms with Crippen molar-refractivity contribution < 1.29 is 4.79 Å². The molecule has 0 saturated heterocycles. The average molecular weight is 160 g/mol. The second-order valence-corrected chi connectivity index (χ2v) is 2.64. The number of nitrogens with zero attached hydrogens (tertiary/aromatic N) is 2. The molecule has 2 aromatic rings. The summed E-state index contributed by atoms with van der Waals surface area (Å²) in [5.74, 6) is 0. The zero-order chi connectivity index (χ0) is 8.55. The molecular formula is C9H8N2O. The highest BCUT2D eigenvalue weighted by atomic mass is 16.1. The van der Waals surface area contributed by atoms with Crippen molar-refractivity contribution in [2.24, 2.45) is 0 Å². The van der Waals surface area contributed by atoms with Crippen molar-refractivity contribution in [3.63, 3.8) is 0 Å². The second kappa shape index (κ2) is 2.44.